The molecule has 25 heavy (non-hydrogen) atoms. The number of hydrogen-bond acceptors (Lipinski definition) is 6. The van der Waals surface area contributed by atoms with E-state index in [4.69, 9.17) is 16.3 Å². The van der Waals surface area contributed by atoms with Gasteiger partial charge in [0.25, 0.3) is 5.91 Å². The van der Waals surface area contributed by atoms with Gasteiger partial charge in [0.05, 0.1) is 17.3 Å². The quantitative estimate of drug-likeness (QED) is 0.696. The summed E-state index contributed by atoms with van der Waals surface area (Å²) in [5.74, 6) is -0.307. The van der Waals surface area contributed by atoms with E-state index < -0.39 is 33.9 Å². The molecule has 2 rings (SSSR count). The zero-order valence-electron chi connectivity index (χ0n) is 13.7. The molecular formula is C16H20ClNO5S2. The predicted octanol–water partition coefficient (Wildman–Crippen LogP) is 1.81. The van der Waals surface area contributed by atoms with E-state index in [2.05, 4.69) is 5.32 Å². The van der Waals surface area contributed by atoms with Gasteiger partial charge in [-0.1, -0.05) is 29.8 Å². The molecule has 0 saturated carbocycles. The van der Waals surface area contributed by atoms with Crippen molar-refractivity contribution in [3.8, 4) is 0 Å². The second-order valence-corrected chi connectivity index (χ2v) is 9.45. The van der Waals surface area contributed by atoms with Gasteiger partial charge in [0.15, 0.2) is 15.9 Å². The molecule has 1 aliphatic rings. The van der Waals surface area contributed by atoms with E-state index in [-0.39, 0.29) is 17.3 Å². The van der Waals surface area contributed by atoms with Gasteiger partial charge in [0, 0.05) is 16.8 Å². The van der Waals surface area contributed by atoms with Gasteiger partial charge < -0.3 is 10.1 Å². The summed E-state index contributed by atoms with van der Waals surface area (Å²) in [6.07, 6.45) is -0.570. The molecule has 2 atom stereocenters. The second kappa shape index (κ2) is 8.91. The molecule has 1 aliphatic heterocycles. The van der Waals surface area contributed by atoms with Crippen LogP contribution in [0.5, 0.6) is 0 Å². The highest BCUT2D eigenvalue weighted by Gasteiger charge is 2.30. The monoisotopic (exact) mass is 405 g/mol. The summed E-state index contributed by atoms with van der Waals surface area (Å²) >= 11 is 7.39. The van der Waals surface area contributed by atoms with E-state index in [0.29, 0.717) is 17.2 Å². The van der Waals surface area contributed by atoms with Crippen LogP contribution in [0.15, 0.2) is 24.3 Å². The first kappa shape index (κ1) is 20.1. The van der Waals surface area contributed by atoms with Crippen molar-refractivity contribution in [1.29, 1.82) is 0 Å². The SMILES string of the molecule is C[C@@H](OC(=O)CSCc1ccccc1Cl)C(=O)N[C@@H]1CCS(=O)(=O)C1. The third-order valence-corrected chi connectivity index (χ3v) is 6.78. The van der Waals surface area contributed by atoms with Gasteiger partial charge in [-0.3, -0.25) is 9.59 Å². The van der Waals surface area contributed by atoms with Crippen LogP contribution in [0.4, 0.5) is 0 Å². The molecular weight excluding hydrogens is 386 g/mol. The first-order valence-corrected chi connectivity index (χ1v) is 11.1. The second-order valence-electron chi connectivity index (χ2n) is 5.82. The molecule has 1 N–H and O–H groups in total. The lowest BCUT2D eigenvalue weighted by molar-refractivity contribution is -0.152. The Morgan fingerprint density at radius 1 is 1.40 bits per heavy atom. The number of amides is 1. The van der Waals surface area contributed by atoms with Crippen LogP contribution in [0.25, 0.3) is 0 Å². The van der Waals surface area contributed by atoms with Crippen LogP contribution in [0.2, 0.25) is 5.02 Å². The zero-order valence-corrected chi connectivity index (χ0v) is 16.1. The van der Waals surface area contributed by atoms with Crippen LogP contribution in [0, 0.1) is 0 Å². The van der Waals surface area contributed by atoms with Crippen molar-refractivity contribution in [1.82, 2.24) is 5.32 Å². The normalized spacial score (nSPS) is 20.0. The summed E-state index contributed by atoms with van der Waals surface area (Å²) in [5.41, 5.74) is 0.926. The van der Waals surface area contributed by atoms with Crippen molar-refractivity contribution in [2.75, 3.05) is 17.3 Å². The maximum absolute atomic E-state index is 12.0. The maximum atomic E-state index is 12.0. The highest BCUT2D eigenvalue weighted by atomic mass is 35.5. The number of halogens is 1. The zero-order chi connectivity index (χ0) is 18.4. The molecule has 1 heterocycles. The van der Waals surface area contributed by atoms with Gasteiger partial charge in [-0.25, -0.2) is 8.42 Å². The number of thioether (sulfide) groups is 1. The number of nitrogens with one attached hydrogen (secondary N) is 1. The largest absolute Gasteiger partial charge is 0.452 e. The number of hydrogen-bond donors (Lipinski definition) is 1. The fraction of sp³-hybridized carbons (Fsp3) is 0.500. The number of esters is 1. The molecule has 0 aromatic heterocycles. The van der Waals surface area contributed by atoms with E-state index in [9.17, 15) is 18.0 Å². The van der Waals surface area contributed by atoms with Gasteiger partial charge in [-0.2, -0.15) is 0 Å². The first-order valence-electron chi connectivity index (χ1n) is 7.78. The summed E-state index contributed by atoms with van der Waals surface area (Å²) in [6, 6.07) is 6.96. The highest BCUT2D eigenvalue weighted by Crippen LogP contribution is 2.20. The minimum absolute atomic E-state index is 0.0624. The molecule has 0 radical (unpaired) electrons. The number of carbonyl (C=O) groups excluding carboxylic acids is 2. The van der Waals surface area contributed by atoms with Crippen LogP contribution in [0.3, 0.4) is 0 Å². The minimum Gasteiger partial charge on any atom is -0.452 e. The Balaban J connectivity index is 1.70. The van der Waals surface area contributed by atoms with Crippen LogP contribution in [-0.2, 0) is 29.9 Å². The van der Waals surface area contributed by atoms with Gasteiger partial charge >= 0.3 is 5.97 Å². The van der Waals surface area contributed by atoms with Crippen molar-refractivity contribution < 1.29 is 22.7 Å². The fourth-order valence-electron chi connectivity index (χ4n) is 2.37. The number of rotatable bonds is 7. The third kappa shape index (κ3) is 6.52. The topological polar surface area (TPSA) is 89.5 Å². The molecule has 1 aromatic rings. The summed E-state index contributed by atoms with van der Waals surface area (Å²) in [5, 5.41) is 3.25. The standard InChI is InChI=1S/C16H20ClNO5S2/c1-11(16(20)18-13-6-7-25(21,22)10-13)23-15(19)9-24-8-12-4-2-3-5-14(12)17/h2-5,11,13H,6-10H2,1H3,(H,18,20)/t11-,13-/m1/s1. The van der Waals surface area contributed by atoms with E-state index in [1.807, 2.05) is 18.2 Å². The van der Waals surface area contributed by atoms with Crippen molar-refractivity contribution >= 4 is 45.1 Å². The third-order valence-electron chi connectivity index (χ3n) is 3.69. The molecule has 0 spiro atoms. The average Bonchev–Trinajstić information content (AvgIpc) is 2.87. The maximum Gasteiger partial charge on any atom is 0.316 e. The Morgan fingerprint density at radius 2 is 2.12 bits per heavy atom. The van der Waals surface area contributed by atoms with Crippen molar-refractivity contribution in [3.05, 3.63) is 34.9 Å². The van der Waals surface area contributed by atoms with Crippen LogP contribution < -0.4 is 5.32 Å². The van der Waals surface area contributed by atoms with Gasteiger partial charge in [-0.05, 0) is 25.0 Å². The lowest BCUT2D eigenvalue weighted by atomic mass is 10.2. The number of carbonyl (C=O) groups is 2. The smallest absolute Gasteiger partial charge is 0.316 e. The Bertz CT molecular complexity index is 738. The molecule has 0 bridgehead atoms. The Kier molecular flexibility index (Phi) is 7.15. The predicted molar refractivity (Wildman–Crippen MR) is 98.4 cm³/mol. The molecule has 9 heteroatoms. The van der Waals surface area contributed by atoms with E-state index in [1.54, 1.807) is 6.07 Å². The van der Waals surface area contributed by atoms with Gasteiger partial charge in [0.2, 0.25) is 0 Å². The van der Waals surface area contributed by atoms with Crippen molar-refractivity contribution in [2.45, 2.75) is 31.2 Å². The fourth-order valence-corrected chi connectivity index (χ4v) is 5.14. The van der Waals surface area contributed by atoms with Crippen LogP contribution in [0.1, 0.15) is 18.9 Å². The summed E-state index contributed by atoms with van der Waals surface area (Å²) in [7, 11) is -3.07. The number of sulfone groups is 1. The highest BCUT2D eigenvalue weighted by molar-refractivity contribution is 7.99. The lowest BCUT2D eigenvalue weighted by Gasteiger charge is -2.16. The molecule has 6 nitrogen and oxygen atoms in total. The molecule has 1 amide bonds. The average molecular weight is 406 g/mol. The minimum atomic E-state index is -3.07. The van der Waals surface area contributed by atoms with E-state index in [0.717, 1.165) is 5.56 Å². The Hall–Kier alpha value is -1.25. The number of benzene rings is 1. The van der Waals surface area contributed by atoms with Crippen molar-refractivity contribution in [3.63, 3.8) is 0 Å². The summed E-state index contributed by atoms with van der Waals surface area (Å²) in [6.45, 7) is 1.47. The summed E-state index contributed by atoms with van der Waals surface area (Å²) in [4.78, 5) is 23.8. The summed E-state index contributed by atoms with van der Waals surface area (Å²) < 4.78 is 27.8. The number of ether oxygens (including phenoxy) is 1. The first-order chi connectivity index (χ1) is 11.8. The van der Waals surface area contributed by atoms with Gasteiger partial charge in [0.1, 0.15) is 0 Å². The lowest BCUT2D eigenvalue weighted by Crippen LogP contribution is -2.42. The Labute approximate surface area is 156 Å². The molecule has 0 unspecified atom stereocenters. The Morgan fingerprint density at radius 3 is 2.76 bits per heavy atom. The van der Waals surface area contributed by atoms with Gasteiger partial charge in [-0.15, -0.1) is 11.8 Å². The molecule has 1 saturated heterocycles. The molecule has 1 aromatic carbocycles. The molecule has 0 aliphatic carbocycles. The molecule has 138 valence electrons. The van der Waals surface area contributed by atoms with E-state index >= 15 is 0 Å². The van der Waals surface area contributed by atoms with Crippen LogP contribution in [-0.4, -0.2) is 49.7 Å². The van der Waals surface area contributed by atoms with Crippen LogP contribution >= 0.6 is 23.4 Å². The van der Waals surface area contributed by atoms with Crippen molar-refractivity contribution in [2.24, 2.45) is 0 Å². The molecule has 1 fully saturated rings. The van der Waals surface area contributed by atoms with E-state index in [1.165, 1.54) is 18.7 Å².